The Labute approximate surface area is 119 Å². The van der Waals surface area contributed by atoms with Gasteiger partial charge >= 0.3 is 0 Å². The lowest BCUT2D eigenvalue weighted by Crippen LogP contribution is -2.26. The van der Waals surface area contributed by atoms with Gasteiger partial charge in [-0.1, -0.05) is 25.1 Å². The standard InChI is InChI=1S/C17H19FN2/c1-2-19-17(13-5-3-7-14(18)11-13)15-9-8-12-6-4-10-20-16(12)15/h3-7,10-11,15,17,19H,2,8-9H2,1H3. The van der Waals surface area contributed by atoms with Gasteiger partial charge in [0.1, 0.15) is 5.82 Å². The Hall–Kier alpha value is -1.74. The summed E-state index contributed by atoms with van der Waals surface area (Å²) in [5.41, 5.74) is 3.51. The van der Waals surface area contributed by atoms with Crippen LogP contribution in [0.3, 0.4) is 0 Å². The first-order valence-electron chi connectivity index (χ1n) is 7.22. The van der Waals surface area contributed by atoms with Gasteiger partial charge in [-0.3, -0.25) is 4.98 Å². The van der Waals surface area contributed by atoms with Crippen LogP contribution in [-0.2, 0) is 6.42 Å². The van der Waals surface area contributed by atoms with Crippen LogP contribution in [0.1, 0.15) is 42.1 Å². The molecule has 0 radical (unpaired) electrons. The minimum atomic E-state index is -0.176. The van der Waals surface area contributed by atoms with Crippen molar-refractivity contribution in [1.82, 2.24) is 10.3 Å². The predicted molar refractivity (Wildman–Crippen MR) is 78.1 cm³/mol. The number of nitrogens with one attached hydrogen (secondary N) is 1. The lowest BCUT2D eigenvalue weighted by Gasteiger charge is -2.25. The molecule has 1 aromatic carbocycles. The van der Waals surface area contributed by atoms with E-state index in [4.69, 9.17) is 0 Å². The van der Waals surface area contributed by atoms with Crippen LogP contribution in [0.4, 0.5) is 4.39 Å². The van der Waals surface area contributed by atoms with E-state index in [0.717, 1.165) is 24.9 Å². The lowest BCUT2D eigenvalue weighted by molar-refractivity contribution is 0.445. The van der Waals surface area contributed by atoms with Gasteiger partial charge in [-0.2, -0.15) is 0 Å². The summed E-state index contributed by atoms with van der Waals surface area (Å²) in [7, 11) is 0. The highest BCUT2D eigenvalue weighted by Gasteiger charge is 2.31. The molecule has 2 aromatic rings. The van der Waals surface area contributed by atoms with Crippen molar-refractivity contribution in [2.75, 3.05) is 6.54 Å². The number of rotatable bonds is 4. The summed E-state index contributed by atoms with van der Waals surface area (Å²) < 4.78 is 13.5. The molecule has 3 rings (SSSR count). The van der Waals surface area contributed by atoms with E-state index in [-0.39, 0.29) is 11.9 Å². The fraction of sp³-hybridized carbons (Fsp3) is 0.353. The molecule has 2 unspecified atom stereocenters. The third-order valence-corrected chi connectivity index (χ3v) is 4.04. The second-order valence-corrected chi connectivity index (χ2v) is 5.28. The summed E-state index contributed by atoms with van der Waals surface area (Å²) >= 11 is 0. The van der Waals surface area contributed by atoms with Crippen LogP contribution in [0.2, 0.25) is 0 Å². The van der Waals surface area contributed by atoms with E-state index in [1.807, 2.05) is 18.3 Å². The van der Waals surface area contributed by atoms with Crippen molar-refractivity contribution in [1.29, 1.82) is 0 Å². The van der Waals surface area contributed by atoms with Gasteiger partial charge in [0, 0.05) is 23.9 Å². The number of hydrogen-bond donors (Lipinski definition) is 1. The number of likely N-dealkylation sites (N-methyl/N-ethyl adjacent to an activating group) is 1. The summed E-state index contributed by atoms with van der Waals surface area (Å²) in [6, 6.07) is 11.2. The van der Waals surface area contributed by atoms with Crippen LogP contribution in [-0.4, -0.2) is 11.5 Å². The van der Waals surface area contributed by atoms with Gasteiger partial charge in [-0.25, -0.2) is 4.39 Å². The quantitative estimate of drug-likeness (QED) is 0.918. The van der Waals surface area contributed by atoms with E-state index in [0.29, 0.717) is 5.92 Å². The Balaban J connectivity index is 1.96. The molecule has 1 aliphatic carbocycles. The molecule has 1 heterocycles. The fourth-order valence-corrected chi connectivity index (χ4v) is 3.18. The first-order valence-corrected chi connectivity index (χ1v) is 7.22. The van der Waals surface area contributed by atoms with Crippen molar-refractivity contribution in [2.45, 2.75) is 31.7 Å². The van der Waals surface area contributed by atoms with Gasteiger partial charge in [0.2, 0.25) is 0 Å². The second kappa shape index (κ2) is 5.71. The van der Waals surface area contributed by atoms with Crippen LogP contribution in [0.25, 0.3) is 0 Å². The van der Waals surface area contributed by atoms with Crippen LogP contribution < -0.4 is 5.32 Å². The Bertz CT molecular complexity index is 597. The zero-order chi connectivity index (χ0) is 13.9. The maximum Gasteiger partial charge on any atom is 0.123 e. The number of aromatic nitrogens is 1. The van der Waals surface area contributed by atoms with Crippen molar-refractivity contribution in [3.8, 4) is 0 Å². The first kappa shape index (κ1) is 13.3. The maximum atomic E-state index is 13.5. The number of aryl methyl sites for hydroxylation is 1. The van der Waals surface area contributed by atoms with E-state index in [1.54, 1.807) is 12.1 Å². The largest absolute Gasteiger partial charge is 0.310 e. The number of halogens is 1. The van der Waals surface area contributed by atoms with Crippen LogP contribution in [0.5, 0.6) is 0 Å². The van der Waals surface area contributed by atoms with E-state index in [9.17, 15) is 4.39 Å². The molecule has 0 saturated carbocycles. The molecule has 104 valence electrons. The molecular formula is C17H19FN2. The third kappa shape index (κ3) is 2.46. The zero-order valence-electron chi connectivity index (χ0n) is 11.6. The highest BCUT2D eigenvalue weighted by atomic mass is 19.1. The molecule has 0 bridgehead atoms. The number of nitrogens with zero attached hydrogens (tertiary/aromatic N) is 1. The van der Waals surface area contributed by atoms with Gasteiger partial charge in [0.05, 0.1) is 0 Å². The molecule has 0 fully saturated rings. The molecule has 0 spiro atoms. The molecule has 2 nitrogen and oxygen atoms in total. The molecule has 2 atom stereocenters. The van der Waals surface area contributed by atoms with Crippen LogP contribution >= 0.6 is 0 Å². The fourth-order valence-electron chi connectivity index (χ4n) is 3.18. The molecule has 3 heteroatoms. The van der Waals surface area contributed by atoms with E-state index in [2.05, 4.69) is 23.3 Å². The number of benzene rings is 1. The normalized spacial score (nSPS) is 18.8. The van der Waals surface area contributed by atoms with Crippen LogP contribution in [0, 0.1) is 5.82 Å². The summed E-state index contributed by atoms with van der Waals surface area (Å²) in [4.78, 5) is 4.56. The van der Waals surface area contributed by atoms with Gasteiger partial charge in [-0.05, 0) is 48.7 Å². The minimum Gasteiger partial charge on any atom is -0.310 e. The molecular weight excluding hydrogens is 251 g/mol. The average Bonchev–Trinajstić information content (AvgIpc) is 2.88. The first-order chi connectivity index (χ1) is 9.79. The topological polar surface area (TPSA) is 24.9 Å². The Morgan fingerprint density at radius 1 is 1.35 bits per heavy atom. The second-order valence-electron chi connectivity index (χ2n) is 5.28. The SMILES string of the molecule is CCNC(c1cccc(F)c1)C1CCc2cccnc21. The lowest BCUT2D eigenvalue weighted by atomic mass is 9.90. The van der Waals surface area contributed by atoms with Gasteiger partial charge in [0.25, 0.3) is 0 Å². The molecule has 0 aliphatic heterocycles. The summed E-state index contributed by atoms with van der Waals surface area (Å²) in [6.45, 7) is 2.94. The average molecular weight is 270 g/mol. The molecule has 0 amide bonds. The van der Waals surface area contributed by atoms with Gasteiger partial charge in [-0.15, -0.1) is 0 Å². The Morgan fingerprint density at radius 3 is 3.05 bits per heavy atom. The van der Waals surface area contributed by atoms with Crippen molar-refractivity contribution in [3.05, 3.63) is 65.2 Å². The monoisotopic (exact) mass is 270 g/mol. The maximum absolute atomic E-state index is 13.5. The van der Waals surface area contributed by atoms with Crippen molar-refractivity contribution in [2.24, 2.45) is 0 Å². The number of pyridine rings is 1. The smallest absolute Gasteiger partial charge is 0.123 e. The van der Waals surface area contributed by atoms with Crippen molar-refractivity contribution < 1.29 is 4.39 Å². The third-order valence-electron chi connectivity index (χ3n) is 4.04. The van der Waals surface area contributed by atoms with E-state index in [1.165, 1.54) is 17.3 Å². The van der Waals surface area contributed by atoms with Gasteiger partial charge < -0.3 is 5.32 Å². The molecule has 1 aromatic heterocycles. The molecule has 0 saturated heterocycles. The Morgan fingerprint density at radius 2 is 2.25 bits per heavy atom. The summed E-state index contributed by atoms with van der Waals surface area (Å²) in [5, 5.41) is 3.50. The zero-order valence-corrected chi connectivity index (χ0v) is 11.6. The number of hydrogen-bond acceptors (Lipinski definition) is 2. The van der Waals surface area contributed by atoms with E-state index >= 15 is 0 Å². The van der Waals surface area contributed by atoms with E-state index < -0.39 is 0 Å². The van der Waals surface area contributed by atoms with Crippen LogP contribution in [0.15, 0.2) is 42.6 Å². The molecule has 20 heavy (non-hydrogen) atoms. The van der Waals surface area contributed by atoms with Crippen molar-refractivity contribution in [3.63, 3.8) is 0 Å². The van der Waals surface area contributed by atoms with Crippen molar-refractivity contribution >= 4 is 0 Å². The molecule has 1 aliphatic rings. The summed E-state index contributed by atoms with van der Waals surface area (Å²) in [6.07, 6.45) is 3.98. The Kier molecular flexibility index (Phi) is 3.79. The summed E-state index contributed by atoms with van der Waals surface area (Å²) in [5.74, 6) is 0.151. The van der Waals surface area contributed by atoms with Gasteiger partial charge in [0.15, 0.2) is 0 Å². The highest BCUT2D eigenvalue weighted by molar-refractivity contribution is 5.33. The minimum absolute atomic E-state index is 0.131. The number of fused-ring (bicyclic) bond motifs is 1. The predicted octanol–water partition coefficient (Wildman–Crippen LogP) is 3.60. The molecule has 1 N–H and O–H groups in total. The highest BCUT2D eigenvalue weighted by Crippen LogP contribution is 2.40.